The van der Waals surface area contributed by atoms with E-state index in [0.717, 1.165) is 0 Å². The van der Waals surface area contributed by atoms with E-state index in [1.165, 1.54) is 12.3 Å². The molecule has 1 aromatic heterocycles. The van der Waals surface area contributed by atoms with E-state index < -0.39 is 35.2 Å². The Morgan fingerprint density at radius 1 is 1.53 bits per heavy atom. The van der Waals surface area contributed by atoms with Gasteiger partial charge in [0.1, 0.15) is 18.1 Å². The zero-order valence-electron chi connectivity index (χ0n) is 8.84. The third-order valence-corrected chi connectivity index (χ3v) is 3.24. The fraction of sp³-hybridized carbons (Fsp3) is 0.444. The van der Waals surface area contributed by atoms with E-state index in [9.17, 15) is 22.2 Å². The lowest BCUT2D eigenvalue weighted by Gasteiger charge is -2.07. The summed E-state index contributed by atoms with van der Waals surface area (Å²) in [7, 11) is -1.70. The number of aryl methyl sites for hydroxylation is 1. The van der Waals surface area contributed by atoms with Gasteiger partial charge in [0.25, 0.3) is 0 Å². The molecule has 0 saturated heterocycles. The number of furan rings is 1. The lowest BCUT2D eigenvalue weighted by molar-refractivity contribution is -0.136. The van der Waals surface area contributed by atoms with Crippen molar-refractivity contribution < 1.29 is 26.6 Å². The molecule has 1 aromatic rings. The quantitative estimate of drug-likeness (QED) is 0.898. The molecule has 4 nitrogen and oxygen atoms in total. The monoisotopic (exact) mass is 269 g/mol. The maximum atomic E-state index is 11.8. The van der Waals surface area contributed by atoms with Crippen LogP contribution in [0.25, 0.3) is 0 Å². The van der Waals surface area contributed by atoms with Gasteiger partial charge in [-0.15, -0.1) is 0 Å². The van der Waals surface area contributed by atoms with Crippen molar-refractivity contribution in [1.29, 1.82) is 0 Å². The van der Waals surface area contributed by atoms with Crippen molar-refractivity contribution in [2.24, 2.45) is 0 Å². The standard InChI is InChI=1S/C9H10F3NO3S/c1-6-7(2-3-16-6)17(15)4-8(14)13-5-9(10,11)12/h2-3H,4-5H2,1H3,(H,13,14)/t17-/m1/s1. The highest BCUT2D eigenvalue weighted by atomic mass is 32.2. The van der Waals surface area contributed by atoms with Crippen LogP contribution in [0.2, 0.25) is 0 Å². The third kappa shape index (κ3) is 4.59. The van der Waals surface area contributed by atoms with E-state index in [4.69, 9.17) is 4.42 Å². The lowest BCUT2D eigenvalue weighted by atomic mass is 10.5. The first kappa shape index (κ1) is 13.8. The Hall–Kier alpha value is -1.31. The van der Waals surface area contributed by atoms with Gasteiger partial charge in [-0.2, -0.15) is 13.2 Å². The van der Waals surface area contributed by atoms with Gasteiger partial charge in [-0.25, -0.2) is 0 Å². The smallest absolute Gasteiger partial charge is 0.405 e. The summed E-state index contributed by atoms with van der Waals surface area (Å²) in [4.78, 5) is 11.4. The Balaban J connectivity index is 2.47. The number of rotatable bonds is 4. The number of hydrogen-bond acceptors (Lipinski definition) is 3. The van der Waals surface area contributed by atoms with Gasteiger partial charge in [0.2, 0.25) is 5.91 Å². The van der Waals surface area contributed by atoms with Crippen LogP contribution in [0.5, 0.6) is 0 Å². The number of carbonyl (C=O) groups excluding carboxylic acids is 1. The number of alkyl halides is 3. The molecule has 0 aliphatic heterocycles. The Kier molecular flexibility index (Phi) is 4.33. The van der Waals surface area contributed by atoms with E-state index in [-0.39, 0.29) is 0 Å². The summed E-state index contributed by atoms with van der Waals surface area (Å²) in [5.41, 5.74) is 0. The third-order valence-electron chi connectivity index (χ3n) is 1.80. The maximum Gasteiger partial charge on any atom is 0.405 e. The predicted octanol–water partition coefficient (Wildman–Crippen LogP) is 1.37. The van der Waals surface area contributed by atoms with Gasteiger partial charge in [0, 0.05) is 0 Å². The summed E-state index contributed by atoms with van der Waals surface area (Å²) < 4.78 is 51.8. The molecule has 1 N–H and O–H groups in total. The molecule has 0 aliphatic carbocycles. The molecule has 8 heteroatoms. The van der Waals surface area contributed by atoms with Crippen molar-refractivity contribution in [3.63, 3.8) is 0 Å². The second-order valence-electron chi connectivity index (χ2n) is 3.22. The summed E-state index contributed by atoms with van der Waals surface area (Å²) in [6, 6.07) is 1.42. The first-order valence-corrected chi connectivity index (χ1v) is 5.87. The number of hydrogen-bond donors (Lipinski definition) is 1. The van der Waals surface area contributed by atoms with E-state index >= 15 is 0 Å². The molecule has 96 valence electrons. The molecule has 1 amide bonds. The first-order valence-electron chi connectivity index (χ1n) is 4.55. The normalized spacial score (nSPS) is 13.4. The van der Waals surface area contributed by atoms with E-state index in [1.807, 2.05) is 0 Å². The molecule has 0 unspecified atom stereocenters. The Morgan fingerprint density at radius 2 is 2.18 bits per heavy atom. The number of carbonyl (C=O) groups is 1. The van der Waals surface area contributed by atoms with Gasteiger partial charge >= 0.3 is 6.18 Å². The number of amides is 1. The first-order chi connectivity index (χ1) is 7.79. The van der Waals surface area contributed by atoms with Crippen LogP contribution in [-0.4, -0.2) is 28.6 Å². The summed E-state index contributed by atoms with van der Waals surface area (Å²) in [6.07, 6.45) is -3.17. The molecule has 0 bridgehead atoms. The molecule has 17 heavy (non-hydrogen) atoms. The van der Waals surface area contributed by atoms with Crippen LogP contribution >= 0.6 is 0 Å². The van der Waals surface area contributed by atoms with Crippen LogP contribution in [0, 0.1) is 6.92 Å². The molecule has 0 saturated carbocycles. The van der Waals surface area contributed by atoms with Gasteiger partial charge in [-0.05, 0) is 13.0 Å². The van der Waals surface area contributed by atoms with Gasteiger partial charge in [-0.1, -0.05) is 0 Å². The van der Waals surface area contributed by atoms with Crippen molar-refractivity contribution in [2.75, 3.05) is 12.3 Å². The van der Waals surface area contributed by atoms with E-state index in [1.54, 1.807) is 12.2 Å². The van der Waals surface area contributed by atoms with Gasteiger partial charge in [0.05, 0.1) is 22.0 Å². The van der Waals surface area contributed by atoms with E-state index in [0.29, 0.717) is 10.7 Å². The van der Waals surface area contributed by atoms with E-state index in [2.05, 4.69) is 0 Å². The SMILES string of the molecule is Cc1occc1[S@](=O)CC(=O)NCC(F)(F)F. The second kappa shape index (κ2) is 5.35. The summed E-state index contributed by atoms with van der Waals surface area (Å²) in [6.45, 7) is 0.133. The predicted molar refractivity (Wildman–Crippen MR) is 53.8 cm³/mol. The van der Waals surface area contributed by atoms with Gasteiger partial charge < -0.3 is 9.73 Å². The van der Waals surface area contributed by atoms with Crippen LogP contribution in [-0.2, 0) is 15.6 Å². The number of halogens is 3. The van der Waals surface area contributed by atoms with Crippen molar-refractivity contribution in [3.05, 3.63) is 18.1 Å². The molecule has 0 aliphatic rings. The molecule has 0 fully saturated rings. The second-order valence-corrected chi connectivity index (χ2v) is 4.64. The largest absolute Gasteiger partial charge is 0.468 e. The van der Waals surface area contributed by atoms with Crippen LogP contribution < -0.4 is 5.32 Å². The summed E-state index contributed by atoms with van der Waals surface area (Å²) in [5.74, 6) is -1.05. The minimum absolute atomic E-state index is 0.312. The molecular weight excluding hydrogens is 259 g/mol. The average molecular weight is 269 g/mol. The molecule has 1 rings (SSSR count). The van der Waals surface area contributed by atoms with Crippen molar-refractivity contribution >= 4 is 16.7 Å². The average Bonchev–Trinajstić information content (AvgIpc) is 2.60. The highest BCUT2D eigenvalue weighted by Gasteiger charge is 2.28. The Bertz CT molecular complexity index is 427. The van der Waals surface area contributed by atoms with Crippen molar-refractivity contribution in [1.82, 2.24) is 5.32 Å². The molecule has 1 heterocycles. The lowest BCUT2D eigenvalue weighted by Crippen LogP contribution is -2.36. The molecule has 0 aromatic carbocycles. The highest BCUT2D eigenvalue weighted by molar-refractivity contribution is 7.85. The summed E-state index contributed by atoms with van der Waals surface area (Å²) >= 11 is 0. The zero-order chi connectivity index (χ0) is 13.1. The van der Waals surface area contributed by atoms with Crippen LogP contribution in [0.3, 0.4) is 0 Å². The topological polar surface area (TPSA) is 59.3 Å². The fourth-order valence-corrected chi connectivity index (χ4v) is 2.13. The Morgan fingerprint density at radius 3 is 2.65 bits per heavy atom. The summed E-state index contributed by atoms with van der Waals surface area (Å²) in [5, 5.41) is 1.65. The van der Waals surface area contributed by atoms with Gasteiger partial charge in [-0.3, -0.25) is 9.00 Å². The molecule has 0 radical (unpaired) electrons. The fourth-order valence-electron chi connectivity index (χ4n) is 1.06. The van der Waals surface area contributed by atoms with Crippen LogP contribution in [0.4, 0.5) is 13.2 Å². The minimum Gasteiger partial charge on any atom is -0.468 e. The minimum atomic E-state index is -4.47. The van der Waals surface area contributed by atoms with Gasteiger partial charge in [0.15, 0.2) is 0 Å². The van der Waals surface area contributed by atoms with Crippen molar-refractivity contribution in [2.45, 2.75) is 18.0 Å². The molecular formula is C9H10F3NO3S. The van der Waals surface area contributed by atoms with Crippen LogP contribution in [0.1, 0.15) is 5.76 Å². The number of nitrogens with one attached hydrogen (secondary N) is 1. The molecule has 1 atom stereocenters. The maximum absolute atomic E-state index is 11.8. The van der Waals surface area contributed by atoms with Crippen LogP contribution in [0.15, 0.2) is 21.6 Å². The van der Waals surface area contributed by atoms with Crippen molar-refractivity contribution in [3.8, 4) is 0 Å². The Labute approximate surface area is 97.6 Å². The highest BCUT2D eigenvalue weighted by Crippen LogP contribution is 2.14. The zero-order valence-corrected chi connectivity index (χ0v) is 9.65. The molecule has 0 spiro atoms.